The number of imidazole rings is 1. The lowest BCUT2D eigenvalue weighted by Gasteiger charge is -2.20. The van der Waals surface area contributed by atoms with Gasteiger partial charge in [-0.3, -0.25) is 0 Å². The van der Waals surface area contributed by atoms with E-state index in [9.17, 15) is 13.2 Å². The van der Waals surface area contributed by atoms with Gasteiger partial charge in [0.15, 0.2) is 0 Å². The molecule has 0 bridgehead atoms. The third-order valence-corrected chi connectivity index (χ3v) is 3.17. The topological polar surface area (TPSA) is 44.9 Å². The molecule has 1 heterocycles. The second-order valence-electron chi connectivity index (χ2n) is 4.65. The van der Waals surface area contributed by atoms with Gasteiger partial charge in [0.25, 0.3) is 0 Å². The largest absolute Gasteiger partial charge is 0.417 e. The van der Waals surface area contributed by atoms with Gasteiger partial charge in [0.2, 0.25) is 0 Å². The van der Waals surface area contributed by atoms with Crippen LogP contribution in [-0.2, 0) is 19.8 Å². The Morgan fingerprint density at radius 2 is 2.10 bits per heavy atom. The quantitative estimate of drug-likeness (QED) is 0.874. The summed E-state index contributed by atoms with van der Waals surface area (Å²) in [5.74, 6) is 0.732. The molecular weight excluding hydrogens is 281 g/mol. The van der Waals surface area contributed by atoms with Crippen LogP contribution in [0.1, 0.15) is 17.0 Å². The van der Waals surface area contributed by atoms with Crippen LogP contribution in [0, 0.1) is 11.3 Å². The van der Waals surface area contributed by atoms with Gasteiger partial charge in [-0.15, -0.1) is 0 Å². The summed E-state index contributed by atoms with van der Waals surface area (Å²) in [5, 5.41) is 8.78. The van der Waals surface area contributed by atoms with E-state index in [-0.39, 0.29) is 5.56 Å². The number of anilines is 1. The van der Waals surface area contributed by atoms with Crippen LogP contribution in [0.25, 0.3) is 0 Å². The van der Waals surface area contributed by atoms with Crippen molar-refractivity contribution in [3.63, 3.8) is 0 Å². The Morgan fingerprint density at radius 3 is 2.62 bits per heavy atom. The van der Waals surface area contributed by atoms with Crippen molar-refractivity contribution in [2.75, 3.05) is 11.9 Å². The SMILES string of the molecule is CN(Cc1nccn1C)c1ccc(C#N)c(C(F)(F)F)c1. The lowest BCUT2D eigenvalue weighted by Crippen LogP contribution is -2.20. The minimum Gasteiger partial charge on any atom is -0.367 e. The van der Waals surface area contributed by atoms with Gasteiger partial charge >= 0.3 is 6.18 Å². The van der Waals surface area contributed by atoms with Crippen molar-refractivity contribution in [2.24, 2.45) is 7.05 Å². The summed E-state index contributed by atoms with van der Waals surface area (Å²) in [6, 6.07) is 5.24. The number of nitriles is 1. The van der Waals surface area contributed by atoms with E-state index < -0.39 is 11.7 Å². The van der Waals surface area contributed by atoms with Gasteiger partial charge in [-0.05, 0) is 18.2 Å². The summed E-state index contributed by atoms with van der Waals surface area (Å²) in [6.45, 7) is 0.368. The zero-order valence-corrected chi connectivity index (χ0v) is 11.5. The molecule has 7 heteroatoms. The van der Waals surface area contributed by atoms with E-state index in [0.29, 0.717) is 12.2 Å². The van der Waals surface area contributed by atoms with Gasteiger partial charge in [0.1, 0.15) is 5.82 Å². The Kier molecular flexibility index (Phi) is 3.89. The van der Waals surface area contributed by atoms with E-state index in [4.69, 9.17) is 5.26 Å². The number of aryl methyl sites for hydroxylation is 1. The Morgan fingerprint density at radius 1 is 1.38 bits per heavy atom. The highest BCUT2D eigenvalue weighted by Crippen LogP contribution is 2.34. The number of alkyl halides is 3. The highest BCUT2D eigenvalue weighted by atomic mass is 19.4. The fraction of sp³-hybridized carbons (Fsp3) is 0.286. The number of rotatable bonds is 3. The van der Waals surface area contributed by atoms with Gasteiger partial charge in [-0.2, -0.15) is 18.4 Å². The Hall–Kier alpha value is -2.49. The number of aromatic nitrogens is 2. The number of hydrogen-bond acceptors (Lipinski definition) is 3. The zero-order chi connectivity index (χ0) is 15.6. The van der Waals surface area contributed by atoms with Crippen LogP contribution in [0.2, 0.25) is 0 Å². The Labute approximate surface area is 120 Å². The van der Waals surface area contributed by atoms with Crippen LogP contribution >= 0.6 is 0 Å². The van der Waals surface area contributed by atoms with Gasteiger partial charge < -0.3 is 9.47 Å². The van der Waals surface area contributed by atoms with Crippen molar-refractivity contribution in [1.82, 2.24) is 9.55 Å². The minimum atomic E-state index is -4.55. The van der Waals surface area contributed by atoms with Crippen molar-refractivity contribution < 1.29 is 13.2 Å². The van der Waals surface area contributed by atoms with Crippen molar-refractivity contribution >= 4 is 5.69 Å². The molecule has 0 fully saturated rings. The fourth-order valence-corrected chi connectivity index (χ4v) is 1.95. The average molecular weight is 294 g/mol. The predicted molar refractivity (Wildman–Crippen MR) is 71.5 cm³/mol. The molecule has 1 aromatic heterocycles. The number of hydrogen-bond donors (Lipinski definition) is 0. The minimum absolute atomic E-state index is 0.368. The molecule has 0 aliphatic heterocycles. The monoisotopic (exact) mass is 294 g/mol. The van der Waals surface area contributed by atoms with E-state index in [0.717, 1.165) is 11.9 Å². The number of halogens is 3. The molecule has 0 spiro atoms. The van der Waals surface area contributed by atoms with Crippen molar-refractivity contribution in [2.45, 2.75) is 12.7 Å². The fourth-order valence-electron chi connectivity index (χ4n) is 1.95. The molecule has 0 atom stereocenters. The maximum atomic E-state index is 12.9. The van der Waals surface area contributed by atoms with E-state index >= 15 is 0 Å². The van der Waals surface area contributed by atoms with Crippen LogP contribution in [0.3, 0.4) is 0 Å². The summed E-state index contributed by atoms with van der Waals surface area (Å²) in [6.07, 6.45) is -1.16. The summed E-state index contributed by atoms with van der Waals surface area (Å²) < 4.78 is 40.6. The normalized spacial score (nSPS) is 11.2. The molecule has 0 aliphatic carbocycles. The van der Waals surface area contributed by atoms with Crippen LogP contribution in [0.4, 0.5) is 18.9 Å². The maximum absolute atomic E-state index is 12.9. The van der Waals surface area contributed by atoms with Gasteiger partial charge in [-0.25, -0.2) is 4.98 Å². The molecule has 0 radical (unpaired) electrons. The molecule has 21 heavy (non-hydrogen) atoms. The number of nitrogens with zero attached hydrogens (tertiary/aromatic N) is 4. The second kappa shape index (κ2) is 5.48. The zero-order valence-electron chi connectivity index (χ0n) is 11.5. The summed E-state index contributed by atoms with van der Waals surface area (Å²) in [4.78, 5) is 5.78. The molecular formula is C14H13F3N4. The Bertz CT molecular complexity index is 682. The van der Waals surface area contributed by atoms with Crippen molar-refractivity contribution in [1.29, 1.82) is 5.26 Å². The molecule has 2 rings (SSSR count). The van der Waals surface area contributed by atoms with E-state index in [1.54, 1.807) is 35.0 Å². The summed E-state index contributed by atoms with van der Waals surface area (Å²) in [7, 11) is 3.49. The van der Waals surface area contributed by atoms with Gasteiger partial charge in [0.05, 0.1) is 23.7 Å². The third kappa shape index (κ3) is 3.16. The van der Waals surface area contributed by atoms with Crippen molar-refractivity contribution in [3.8, 4) is 6.07 Å². The van der Waals surface area contributed by atoms with Crippen LogP contribution < -0.4 is 4.90 Å². The maximum Gasteiger partial charge on any atom is 0.417 e. The van der Waals surface area contributed by atoms with E-state index in [1.165, 1.54) is 12.1 Å². The first-order valence-corrected chi connectivity index (χ1v) is 6.11. The van der Waals surface area contributed by atoms with E-state index in [1.807, 2.05) is 7.05 Å². The lowest BCUT2D eigenvalue weighted by molar-refractivity contribution is -0.137. The first kappa shape index (κ1) is 14.9. The second-order valence-corrected chi connectivity index (χ2v) is 4.65. The molecule has 0 amide bonds. The van der Waals surface area contributed by atoms with Gasteiger partial charge in [0, 0.05) is 32.2 Å². The standard InChI is InChI=1S/C14H13F3N4/c1-20-6-5-19-13(20)9-21(2)11-4-3-10(8-18)12(7-11)14(15,16)17/h3-7H,9H2,1-2H3. The highest BCUT2D eigenvalue weighted by Gasteiger charge is 2.34. The Balaban J connectivity index is 2.32. The van der Waals surface area contributed by atoms with Crippen LogP contribution in [0.15, 0.2) is 30.6 Å². The summed E-state index contributed by atoms with van der Waals surface area (Å²) in [5.41, 5.74) is -0.921. The average Bonchev–Trinajstić information content (AvgIpc) is 2.82. The molecule has 1 aromatic carbocycles. The first-order valence-electron chi connectivity index (χ1n) is 6.11. The third-order valence-electron chi connectivity index (χ3n) is 3.17. The molecule has 4 nitrogen and oxygen atoms in total. The molecule has 0 aliphatic rings. The molecule has 0 unspecified atom stereocenters. The van der Waals surface area contributed by atoms with E-state index in [2.05, 4.69) is 4.98 Å². The molecule has 2 aromatic rings. The van der Waals surface area contributed by atoms with Crippen LogP contribution in [-0.4, -0.2) is 16.6 Å². The molecule has 110 valence electrons. The molecule has 0 N–H and O–H groups in total. The smallest absolute Gasteiger partial charge is 0.367 e. The first-order chi connectivity index (χ1) is 9.82. The molecule has 0 saturated heterocycles. The van der Waals surface area contributed by atoms with Gasteiger partial charge in [-0.1, -0.05) is 0 Å². The van der Waals surface area contributed by atoms with Crippen LogP contribution in [0.5, 0.6) is 0 Å². The highest BCUT2D eigenvalue weighted by molar-refractivity contribution is 5.54. The molecule has 0 saturated carbocycles. The number of benzene rings is 1. The lowest BCUT2D eigenvalue weighted by atomic mass is 10.1. The van der Waals surface area contributed by atoms with Crippen molar-refractivity contribution in [3.05, 3.63) is 47.5 Å². The summed E-state index contributed by atoms with van der Waals surface area (Å²) >= 11 is 0. The predicted octanol–water partition coefficient (Wildman–Crippen LogP) is 2.95.